The zero-order valence-electron chi connectivity index (χ0n) is 13.4. The fourth-order valence-corrected chi connectivity index (χ4v) is 3.61. The Labute approximate surface area is 149 Å². The van der Waals surface area contributed by atoms with E-state index in [1.165, 1.54) is 6.07 Å². The van der Waals surface area contributed by atoms with Gasteiger partial charge in [-0.25, -0.2) is 8.42 Å². The van der Waals surface area contributed by atoms with Crippen molar-refractivity contribution in [3.63, 3.8) is 0 Å². The van der Waals surface area contributed by atoms with Crippen LogP contribution in [-0.4, -0.2) is 33.7 Å². The molecule has 10 heteroatoms. The molecule has 0 radical (unpaired) electrons. The minimum absolute atomic E-state index is 0.00633. The van der Waals surface area contributed by atoms with Gasteiger partial charge in [-0.15, -0.1) is 0 Å². The van der Waals surface area contributed by atoms with Crippen LogP contribution in [0.3, 0.4) is 0 Å². The fourth-order valence-electron chi connectivity index (χ4n) is 2.47. The van der Waals surface area contributed by atoms with Crippen molar-refractivity contribution in [1.82, 2.24) is 5.32 Å². The topological polar surface area (TPSA) is 66.5 Å². The van der Waals surface area contributed by atoms with Gasteiger partial charge >= 0.3 is 6.18 Å². The normalized spacial score (nSPS) is 15.6. The summed E-state index contributed by atoms with van der Waals surface area (Å²) in [7, 11) is -3.83. The first kappa shape index (κ1) is 19.8. The summed E-state index contributed by atoms with van der Waals surface area (Å²) < 4.78 is 63.6. The van der Waals surface area contributed by atoms with Crippen LogP contribution in [0.1, 0.15) is 24.8 Å². The van der Waals surface area contributed by atoms with E-state index in [1.54, 1.807) is 0 Å². The summed E-state index contributed by atoms with van der Waals surface area (Å²) in [5.41, 5.74) is -1.27. The van der Waals surface area contributed by atoms with Gasteiger partial charge < -0.3 is 5.32 Å². The molecule has 0 atom stereocenters. The summed E-state index contributed by atoms with van der Waals surface area (Å²) in [6.45, 7) is -0.164. The van der Waals surface area contributed by atoms with Crippen LogP contribution in [0.15, 0.2) is 18.2 Å². The van der Waals surface area contributed by atoms with E-state index < -0.39 is 26.8 Å². The van der Waals surface area contributed by atoms with Crippen LogP contribution in [0.4, 0.5) is 18.9 Å². The van der Waals surface area contributed by atoms with Gasteiger partial charge in [0.25, 0.3) is 0 Å². The Kier molecular flexibility index (Phi) is 5.88. The quantitative estimate of drug-likeness (QED) is 0.801. The average molecular weight is 399 g/mol. The van der Waals surface area contributed by atoms with E-state index in [-0.39, 0.29) is 30.6 Å². The second-order valence-corrected chi connectivity index (χ2v) is 8.23. The third-order valence-corrected chi connectivity index (χ3v) is 5.56. The highest BCUT2D eigenvalue weighted by molar-refractivity contribution is 7.92. The van der Waals surface area contributed by atoms with Gasteiger partial charge in [-0.2, -0.15) is 13.2 Å². The molecule has 0 unspecified atom stereocenters. The van der Waals surface area contributed by atoms with Crippen LogP contribution in [0.25, 0.3) is 0 Å². The largest absolute Gasteiger partial charge is 0.417 e. The van der Waals surface area contributed by atoms with Gasteiger partial charge in [-0.05, 0) is 31.0 Å². The molecule has 1 fully saturated rings. The van der Waals surface area contributed by atoms with Crippen LogP contribution in [-0.2, 0) is 21.0 Å². The van der Waals surface area contributed by atoms with Crippen LogP contribution in [0.2, 0.25) is 5.02 Å². The van der Waals surface area contributed by atoms with Crippen LogP contribution >= 0.6 is 11.6 Å². The number of nitrogens with zero attached hydrogens (tertiary/aromatic N) is 1. The van der Waals surface area contributed by atoms with Crippen molar-refractivity contribution in [2.24, 2.45) is 5.92 Å². The predicted octanol–water partition coefficient (Wildman–Crippen LogP) is 3.04. The zero-order valence-corrected chi connectivity index (χ0v) is 15.0. The smallest absolute Gasteiger partial charge is 0.354 e. The molecule has 25 heavy (non-hydrogen) atoms. The molecule has 1 aliphatic carbocycles. The van der Waals surface area contributed by atoms with Crippen molar-refractivity contribution in [3.05, 3.63) is 28.8 Å². The lowest BCUT2D eigenvalue weighted by Gasteiger charge is -2.26. The molecule has 5 nitrogen and oxygen atoms in total. The van der Waals surface area contributed by atoms with Crippen LogP contribution in [0.5, 0.6) is 0 Å². The SMILES string of the molecule is CS(=O)(=O)N(CCNC(=O)C1CCC1)c1ccc(Cl)c(C(F)(F)F)c1. The molecule has 1 amide bonds. The Morgan fingerprint density at radius 3 is 2.48 bits per heavy atom. The molecule has 0 aromatic heterocycles. The van der Waals surface area contributed by atoms with Gasteiger partial charge in [0.2, 0.25) is 15.9 Å². The number of nitrogens with one attached hydrogen (secondary N) is 1. The minimum Gasteiger partial charge on any atom is -0.354 e. The summed E-state index contributed by atoms with van der Waals surface area (Å²) in [5.74, 6) is -0.217. The second-order valence-electron chi connectivity index (χ2n) is 5.92. The first-order chi connectivity index (χ1) is 11.5. The Balaban J connectivity index is 2.16. The lowest BCUT2D eigenvalue weighted by atomic mass is 9.85. The maximum Gasteiger partial charge on any atom is 0.417 e. The molecular formula is C15H18ClF3N2O3S. The molecule has 1 aromatic rings. The molecular weight excluding hydrogens is 381 g/mol. The molecule has 0 heterocycles. The third kappa shape index (κ3) is 5.01. The molecule has 0 spiro atoms. The molecule has 0 saturated heterocycles. The van der Waals surface area contributed by atoms with Crippen molar-refractivity contribution in [3.8, 4) is 0 Å². The second kappa shape index (κ2) is 7.41. The average Bonchev–Trinajstić information content (AvgIpc) is 2.40. The Hall–Kier alpha value is -1.48. The number of carbonyl (C=O) groups is 1. The summed E-state index contributed by atoms with van der Waals surface area (Å²) in [6, 6.07) is 2.90. The Bertz CT molecular complexity index is 749. The van der Waals surface area contributed by atoms with Gasteiger partial charge in [0, 0.05) is 12.5 Å². The number of alkyl halides is 3. The Morgan fingerprint density at radius 2 is 2.00 bits per heavy atom. The number of hydrogen-bond donors (Lipinski definition) is 1. The maximum absolute atomic E-state index is 13.0. The zero-order chi connectivity index (χ0) is 18.8. The molecule has 1 N–H and O–H groups in total. The van der Waals surface area contributed by atoms with E-state index in [0.29, 0.717) is 6.07 Å². The highest BCUT2D eigenvalue weighted by Crippen LogP contribution is 2.37. The summed E-state index contributed by atoms with van der Waals surface area (Å²) in [4.78, 5) is 11.8. The van der Waals surface area contributed by atoms with E-state index in [0.717, 1.165) is 35.9 Å². The molecule has 0 bridgehead atoms. The van der Waals surface area contributed by atoms with Gasteiger partial charge in [0.15, 0.2) is 0 Å². The number of halogens is 4. The number of hydrogen-bond acceptors (Lipinski definition) is 3. The van der Waals surface area contributed by atoms with Gasteiger partial charge in [-0.1, -0.05) is 18.0 Å². The number of amides is 1. The number of carbonyl (C=O) groups excluding carboxylic acids is 1. The van der Waals surface area contributed by atoms with Crippen molar-refractivity contribution in [2.75, 3.05) is 23.7 Å². The lowest BCUT2D eigenvalue weighted by Crippen LogP contribution is -2.41. The number of sulfonamides is 1. The van der Waals surface area contributed by atoms with Crippen LogP contribution in [0, 0.1) is 5.92 Å². The van der Waals surface area contributed by atoms with Crippen LogP contribution < -0.4 is 9.62 Å². The number of benzene rings is 1. The highest BCUT2D eigenvalue weighted by Gasteiger charge is 2.34. The summed E-state index contributed by atoms with van der Waals surface area (Å²) >= 11 is 5.56. The van der Waals surface area contributed by atoms with Crippen molar-refractivity contribution in [1.29, 1.82) is 0 Å². The first-order valence-electron chi connectivity index (χ1n) is 7.62. The molecule has 1 aliphatic rings. The summed E-state index contributed by atoms with van der Waals surface area (Å²) in [6.07, 6.45) is -1.22. The van der Waals surface area contributed by atoms with Gasteiger partial charge in [0.05, 0.1) is 29.1 Å². The van der Waals surface area contributed by atoms with Crippen molar-refractivity contribution < 1.29 is 26.4 Å². The standard InChI is InChI=1S/C15H18ClF3N2O3S/c1-25(23,24)21(8-7-20-14(22)10-3-2-4-10)11-5-6-13(16)12(9-11)15(17,18)19/h5-6,9-10H,2-4,7-8H2,1H3,(H,20,22). The molecule has 0 aliphatic heterocycles. The van der Waals surface area contributed by atoms with Gasteiger partial charge in [-0.3, -0.25) is 9.10 Å². The van der Waals surface area contributed by atoms with E-state index in [4.69, 9.17) is 11.6 Å². The Morgan fingerprint density at radius 1 is 1.36 bits per heavy atom. The van der Waals surface area contributed by atoms with E-state index in [1.807, 2.05) is 0 Å². The number of rotatable bonds is 6. The molecule has 2 rings (SSSR count). The molecule has 1 aromatic carbocycles. The van der Waals surface area contributed by atoms with E-state index in [2.05, 4.69) is 5.32 Å². The molecule has 140 valence electrons. The summed E-state index contributed by atoms with van der Waals surface area (Å²) in [5, 5.41) is 2.11. The van der Waals surface area contributed by atoms with E-state index in [9.17, 15) is 26.4 Å². The monoisotopic (exact) mass is 398 g/mol. The van der Waals surface area contributed by atoms with E-state index >= 15 is 0 Å². The minimum atomic E-state index is -4.70. The lowest BCUT2D eigenvalue weighted by molar-refractivity contribution is -0.137. The molecule has 1 saturated carbocycles. The maximum atomic E-state index is 13.0. The third-order valence-electron chi connectivity index (χ3n) is 4.03. The first-order valence-corrected chi connectivity index (χ1v) is 9.85. The van der Waals surface area contributed by atoms with Crippen molar-refractivity contribution >= 4 is 33.2 Å². The number of anilines is 1. The fraction of sp³-hybridized carbons (Fsp3) is 0.533. The predicted molar refractivity (Wildman–Crippen MR) is 89.0 cm³/mol. The van der Waals surface area contributed by atoms with Crippen molar-refractivity contribution in [2.45, 2.75) is 25.4 Å². The highest BCUT2D eigenvalue weighted by atomic mass is 35.5. The van der Waals surface area contributed by atoms with Gasteiger partial charge in [0.1, 0.15) is 0 Å².